The summed E-state index contributed by atoms with van der Waals surface area (Å²) in [6, 6.07) is 0. The lowest BCUT2D eigenvalue weighted by Gasteiger charge is -2.62. The summed E-state index contributed by atoms with van der Waals surface area (Å²) in [6.07, 6.45) is 35.2. The summed E-state index contributed by atoms with van der Waals surface area (Å²) in [5.74, 6) is 17.2. The van der Waals surface area contributed by atoms with Gasteiger partial charge in [-0.15, -0.1) is 0 Å². The standard InChI is InChI=1S/C32H20/c1-19-22-10-5-6-11-23(22)20(2)29-18-31-30(17-28(19)29)26-14-8-7-13-25(26)27-16-15-21-9-3-4-12-24(21)32(27)31/h3-18H,1-2H2. The van der Waals surface area contributed by atoms with Gasteiger partial charge >= 0.3 is 0 Å². The highest BCUT2D eigenvalue weighted by molar-refractivity contribution is 5.88. The van der Waals surface area contributed by atoms with Crippen LogP contribution in [-0.2, 0) is 0 Å². The minimum absolute atomic E-state index is 1.08. The van der Waals surface area contributed by atoms with Gasteiger partial charge in [-0.2, -0.15) is 0 Å². The fourth-order valence-corrected chi connectivity index (χ4v) is 5.57. The van der Waals surface area contributed by atoms with Gasteiger partial charge in [0.1, 0.15) is 0 Å². The second-order valence-corrected chi connectivity index (χ2v) is 8.70. The topological polar surface area (TPSA) is 0 Å². The Balaban J connectivity index is 1.24. The molecule has 7 rings (SSSR count). The Hall–Kier alpha value is 0. The minimum atomic E-state index is 1.08. The molecule has 7 aliphatic carbocycles. The van der Waals surface area contributed by atoms with Crippen molar-refractivity contribution in [3.8, 4) is 0 Å². The minimum Gasteiger partial charge on any atom is -0.0453 e. The molecule has 0 nitrogen and oxygen atoms in total. The van der Waals surface area contributed by atoms with Crippen LogP contribution in [-0.4, -0.2) is 0 Å². The number of fused-ring (bicyclic) bond motifs is 10. The highest BCUT2D eigenvalue weighted by atomic mass is 14.6. The van der Waals surface area contributed by atoms with Gasteiger partial charge in [-0.3, -0.25) is 0 Å². The molecule has 0 aromatic heterocycles. The number of rotatable bonds is 0. The molecule has 0 amide bonds. The van der Waals surface area contributed by atoms with Gasteiger partial charge in [-0.1, -0.05) is 0 Å². The van der Waals surface area contributed by atoms with Crippen LogP contribution in [0.5, 0.6) is 0 Å². The van der Waals surface area contributed by atoms with Gasteiger partial charge in [-0.25, -0.2) is 0 Å². The van der Waals surface area contributed by atoms with E-state index < -0.39 is 0 Å². The van der Waals surface area contributed by atoms with Crippen molar-refractivity contribution in [3.63, 3.8) is 0 Å². The largest absolute Gasteiger partial charge is 0.0453 e. The van der Waals surface area contributed by atoms with Crippen LogP contribution in [0.3, 0.4) is 0 Å². The number of hydrogen-bond acceptors (Lipinski definition) is 0. The maximum absolute atomic E-state index is 4.50. The van der Waals surface area contributed by atoms with E-state index in [-0.39, 0.29) is 0 Å². The van der Waals surface area contributed by atoms with E-state index in [1.165, 1.54) is 71.0 Å². The van der Waals surface area contributed by atoms with Crippen LogP contribution in [0.15, 0.2) is 0 Å². The molecule has 0 unspecified atom stereocenters. The summed E-state index contributed by atoms with van der Waals surface area (Å²) in [5, 5.41) is 0. The Morgan fingerprint density at radius 3 is 1.50 bits per heavy atom. The van der Waals surface area contributed by atoms with Crippen molar-refractivity contribution in [2.24, 2.45) is 0 Å². The third-order valence-corrected chi connectivity index (χ3v) is 7.09. The second kappa shape index (κ2) is 8.29. The van der Waals surface area contributed by atoms with Crippen LogP contribution in [0.25, 0.3) is 0 Å². The van der Waals surface area contributed by atoms with Gasteiger partial charge < -0.3 is 0 Å². The van der Waals surface area contributed by atoms with Gasteiger partial charge in [0.2, 0.25) is 0 Å². The summed E-state index contributed by atoms with van der Waals surface area (Å²) in [5.41, 5.74) is 0. The zero-order valence-electron chi connectivity index (χ0n) is 17.7. The molecule has 0 aromatic carbocycles. The lowest BCUT2D eigenvalue weighted by Crippen LogP contribution is -2.53. The summed E-state index contributed by atoms with van der Waals surface area (Å²) >= 11 is 0. The summed E-state index contributed by atoms with van der Waals surface area (Å²) in [4.78, 5) is 0. The van der Waals surface area contributed by atoms with Gasteiger partial charge in [0.15, 0.2) is 0 Å². The molecule has 7 saturated carbocycles. The molecule has 0 heterocycles. The monoisotopic (exact) mass is 404 g/mol. The predicted octanol–water partition coefficient (Wildman–Crippen LogP) is 5.06. The van der Waals surface area contributed by atoms with E-state index in [1.807, 2.05) is 0 Å². The zero-order chi connectivity index (χ0) is 21.4. The zero-order valence-corrected chi connectivity index (χ0v) is 17.7. The van der Waals surface area contributed by atoms with E-state index in [0.29, 0.717) is 0 Å². The normalized spacial score (nSPS) is 35.8. The molecule has 0 heteroatoms. The van der Waals surface area contributed by atoms with Crippen LogP contribution in [0.4, 0.5) is 0 Å². The molecule has 7 aliphatic rings. The average molecular weight is 405 g/mol. The average Bonchev–Trinajstić information content (AvgIpc) is 2.86. The smallest absolute Gasteiger partial charge is 0.00104 e. The van der Waals surface area contributed by atoms with Crippen molar-refractivity contribution in [1.29, 1.82) is 0 Å². The van der Waals surface area contributed by atoms with E-state index in [2.05, 4.69) is 117 Å². The van der Waals surface area contributed by atoms with E-state index in [1.54, 1.807) is 0 Å². The van der Waals surface area contributed by atoms with E-state index in [0.717, 1.165) is 11.8 Å². The summed E-state index contributed by atoms with van der Waals surface area (Å²) in [7, 11) is 0. The third kappa shape index (κ3) is 3.11. The first-order valence-electron chi connectivity index (χ1n) is 11.0. The van der Waals surface area contributed by atoms with Gasteiger partial charge in [0, 0.05) is 0 Å². The maximum atomic E-state index is 4.50. The maximum Gasteiger partial charge on any atom is -0.00104 e. The Bertz CT molecular complexity index is 678. The lowest BCUT2D eigenvalue weighted by molar-refractivity contribution is 0.630. The Morgan fingerprint density at radius 2 is 0.844 bits per heavy atom. The summed E-state index contributed by atoms with van der Waals surface area (Å²) < 4.78 is 0. The molecular formula is C32H20. The Kier molecular flexibility index (Phi) is 5.52. The van der Waals surface area contributed by atoms with E-state index in [9.17, 15) is 0 Å². The Morgan fingerprint density at radius 1 is 0.344 bits per heavy atom. The van der Waals surface area contributed by atoms with Crippen LogP contribution >= 0.6 is 0 Å². The van der Waals surface area contributed by atoms with Crippen molar-refractivity contribution < 1.29 is 0 Å². The fraction of sp³-hybridized carbons (Fsp3) is 0. The molecule has 0 spiro atoms. The van der Waals surface area contributed by atoms with Crippen LogP contribution < -0.4 is 0 Å². The molecule has 148 valence electrons. The predicted molar refractivity (Wildman–Crippen MR) is 125 cm³/mol. The molecule has 0 bridgehead atoms. The molecule has 32 heavy (non-hydrogen) atoms. The van der Waals surface area contributed by atoms with Gasteiger partial charge in [0.05, 0.1) is 0 Å². The lowest BCUT2D eigenvalue weighted by atomic mass is 9.40. The van der Waals surface area contributed by atoms with Crippen molar-refractivity contribution in [2.45, 2.75) is 0 Å². The molecule has 0 aliphatic heterocycles. The Labute approximate surface area is 199 Å². The molecule has 32 radical (unpaired) electrons. The van der Waals surface area contributed by atoms with Crippen molar-refractivity contribution >= 4 is 0 Å². The highest BCUT2D eigenvalue weighted by Crippen LogP contribution is 2.72. The van der Waals surface area contributed by atoms with Crippen LogP contribution in [0.1, 0.15) is 0 Å². The number of hydrogen-bond donors (Lipinski definition) is 0. The van der Waals surface area contributed by atoms with Crippen molar-refractivity contribution in [3.05, 3.63) is 199 Å². The SMILES string of the molecule is [CH2][C]1[C]2[CH][CH][CH][CH][C]2[C]([CH2])[C]2[CH][C]3[C]([CH][C]12)[C]1[CH][CH][CH][CH][C]1[C]1[CH][CH][C]2[CH][CH][CH][CH][C]2[C]13. The molecule has 0 N–H and O–H groups in total. The fourth-order valence-electron chi connectivity index (χ4n) is 5.57. The first-order chi connectivity index (χ1) is 15.7. The molecule has 0 saturated heterocycles. The van der Waals surface area contributed by atoms with Gasteiger partial charge in [-0.05, 0) is 199 Å². The first-order valence-corrected chi connectivity index (χ1v) is 11.0. The van der Waals surface area contributed by atoms with Gasteiger partial charge in [0.25, 0.3) is 0 Å². The van der Waals surface area contributed by atoms with E-state index in [4.69, 9.17) is 0 Å². The van der Waals surface area contributed by atoms with Crippen molar-refractivity contribution in [2.75, 3.05) is 0 Å². The highest BCUT2D eigenvalue weighted by Gasteiger charge is 2.63. The quantitative estimate of drug-likeness (QED) is 0.529. The van der Waals surface area contributed by atoms with Crippen molar-refractivity contribution in [1.82, 2.24) is 0 Å². The van der Waals surface area contributed by atoms with Crippen LogP contribution in [0, 0.1) is 199 Å². The van der Waals surface area contributed by atoms with E-state index >= 15 is 0 Å². The molecule has 0 aromatic rings. The molecule has 7 fully saturated rings. The molecule has 0 atom stereocenters. The second-order valence-electron chi connectivity index (χ2n) is 8.70. The molecular weight excluding hydrogens is 384 g/mol. The summed E-state index contributed by atoms with van der Waals surface area (Å²) in [6.45, 7) is 8.99. The third-order valence-electron chi connectivity index (χ3n) is 7.09. The van der Waals surface area contributed by atoms with Crippen LogP contribution in [0.2, 0.25) is 0 Å². The first kappa shape index (κ1) is 21.3.